The van der Waals surface area contributed by atoms with Gasteiger partial charge < -0.3 is 14.8 Å². The van der Waals surface area contributed by atoms with Crippen molar-refractivity contribution in [1.82, 2.24) is 0 Å². The first-order valence-corrected chi connectivity index (χ1v) is 7.11. The molecule has 0 bridgehead atoms. The largest absolute Gasteiger partial charge is 0.496 e. The van der Waals surface area contributed by atoms with E-state index in [1.807, 2.05) is 12.1 Å². The van der Waals surface area contributed by atoms with E-state index in [1.165, 1.54) is 11.1 Å². The third-order valence-electron chi connectivity index (χ3n) is 3.58. The highest BCUT2D eigenvalue weighted by Crippen LogP contribution is 2.32. The van der Waals surface area contributed by atoms with Crippen LogP contribution in [0.5, 0.6) is 11.5 Å². The van der Waals surface area contributed by atoms with Gasteiger partial charge in [0.2, 0.25) is 0 Å². The molecule has 0 amide bonds. The Morgan fingerprint density at radius 1 is 0.857 bits per heavy atom. The lowest BCUT2D eigenvalue weighted by molar-refractivity contribution is 0.406. The minimum atomic E-state index is 0.122. The molecular formula is C18H23NO2. The van der Waals surface area contributed by atoms with Crippen molar-refractivity contribution >= 4 is 5.69 Å². The highest BCUT2D eigenvalue weighted by molar-refractivity contribution is 5.59. The molecule has 1 N–H and O–H groups in total. The standard InChI is InChI=1S/C18H23NO2/c1-12-6-8-15(17(10-12)20-4)14(3)19-16-9-7-13(2)11-18(16)21-5/h6-11,14,19H,1-5H3. The SMILES string of the molecule is COc1cc(C)ccc1NC(C)c1ccc(C)cc1OC. The summed E-state index contributed by atoms with van der Waals surface area (Å²) in [5.41, 5.74) is 4.48. The molecule has 0 aliphatic heterocycles. The Balaban J connectivity index is 2.28. The molecule has 0 radical (unpaired) electrons. The first-order valence-electron chi connectivity index (χ1n) is 7.11. The van der Waals surface area contributed by atoms with Gasteiger partial charge in [-0.05, 0) is 50.1 Å². The Hall–Kier alpha value is -2.16. The molecule has 1 atom stereocenters. The van der Waals surface area contributed by atoms with E-state index in [0.717, 1.165) is 22.7 Å². The van der Waals surface area contributed by atoms with Crippen LogP contribution in [-0.4, -0.2) is 14.2 Å². The summed E-state index contributed by atoms with van der Waals surface area (Å²) >= 11 is 0. The molecule has 0 saturated carbocycles. The average Bonchev–Trinajstić information content (AvgIpc) is 2.48. The number of benzene rings is 2. The van der Waals surface area contributed by atoms with E-state index in [0.29, 0.717) is 0 Å². The van der Waals surface area contributed by atoms with E-state index in [2.05, 4.69) is 50.4 Å². The summed E-state index contributed by atoms with van der Waals surface area (Å²) in [5, 5.41) is 3.49. The monoisotopic (exact) mass is 285 g/mol. The van der Waals surface area contributed by atoms with E-state index in [4.69, 9.17) is 9.47 Å². The van der Waals surface area contributed by atoms with Gasteiger partial charge in [0.1, 0.15) is 11.5 Å². The topological polar surface area (TPSA) is 30.5 Å². The van der Waals surface area contributed by atoms with Crippen molar-refractivity contribution in [2.24, 2.45) is 0 Å². The van der Waals surface area contributed by atoms with Crippen LogP contribution in [0.25, 0.3) is 0 Å². The van der Waals surface area contributed by atoms with Crippen molar-refractivity contribution in [3.05, 3.63) is 53.1 Å². The van der Waals surface area contributed by atoms with Gasteiger partial charge >= 0.3 is 0 Å². The summed E-state index contributed by atoms with van der Waals surface area (Å²) < 4.78 is 10.9. The van der Waals surface area contributed by atoms with Gasteiger partial charge in [0.15, 0.2) is 0 Å². The molecule has 21 heavy (non-hydrogen) atoms. The highest BCUT2D eigenvalue weighted by atomic mass is 16.5. The number of ether oxygens (including phenoxy) is 2. The zero-order valence-electron chi connectivity index (χ0n) is 13.4. The number of methoxy groups -OCH3 is 2. The normalized spacial score (nSPS) is 11.9. The molecule has 1 unspecified atom stereocenters. The fraction of sp³-hybridized carbons (Fsp3) is 0.333. The average molecular weight is 285 g/mol. The predicted octanol–water partition coefficient (Wildman–Crippen LogP) is 4.49. The Labute approximate surface area is 126 Å². The fourth-order valence-electron chi connectivity index (χ4n) is 2.40. The van der Waals surface area contributed by atoms with Crippen LogP contribution in [0.15, 0.2) is 36.4 Å². The summed E-state index contributed by atoms with van der Waals surface area (Å²) in [6.07, 6.45) is 0. The fourth-order valence-corrected chi connectivity index (χ4v) is 2.40. The van der Waals surface area contributed by atoms with E-state index >= 15 is 0 Å². The van der Waals surface area contributed by atoms with Crippen molar-refractivity contribution in [3.63, 3.8) is 0 Å². The zero-order valence-corrected chi connectivity index (χ0v) is 13.4. The number of aryl methyl sites for hydroxylation is 2. The van der Waals surface area contributed by atoms with Crippen LogP contribution in [-0.2, 0) is 0 Å². The van der Waals surface area contributed by atoms with Crippen LogP contribution in [0.2, 0.25) is 0 Å². The van der Waals surface area contributed by atoms with Gasteiger partial charge in [-0.1, -0.05) is 18.2 Å². The predicted molar refractivity (Wildman–Crippen MR) is 87.5 cm³/mol. The Morgan fingerprint density at radius 3 is 2.05 bits per heavy atom. The van der Waals surface area contributed by atoms with Gasteiger partial charge in [0, 0.05) is 5.56 Å². The lowest BCUT2D eigenvalue weighted by Gasteiger charge is -2.20. The van der Waals surface area contributed by atoms with Crippen molar-refractivity contribution in [1.29, 1.82) is 0 Å². The van der Waals surface area contributed by atoms with Gasteiger partial charge in [0.25, 0.3) is 0 Å². The van der Waals surface area contributed by atoms with Crippen LogP contribution in [0.4, 0.5) is 5.69 Å². The molecular weight excluding hydrogens is 262 g/mol. The lowest BCUT2D eigenvalue weighted by Crippen LogP contribution is -2.09. The molecule has 0 aliphatic rings. The van der Waals surface area contributed by atoms with Gasteiger partial charge in [-0.15, -0.1) is 0 Å². The number of rotatable bonds is 5. The molecule has 3 nitrogen and oxygen atoms in total. The summed E-state index contributed by atoms with van der Waals surface area (Å²) in [5.74, 6) is 1.76. The van der Waals surface area contributed by atoms with Gasteiger partial charge in [0.05, 0.1) is 25.9 Å². The molecule has 0 aliphatic carbocycles. The summed E-state index contributed by atoms with van der Waals surface area (Å²) in [6.45, 7) is 6.23. The second-order valence-electron chi connectivity index (χ2n) is 5.32. The molecule has 2 aromatic carbocycles. The third kappa shape index (κ3) is 3.48. The molecule has 112 valence electrons. The number of hydrogen-bond donors (Lipinski definition) is 1. The van der Waals surface area contributed by atoms with Crippen LogP contribution in [0.1, 0.15) is 29.7 Å². The maximum absolute atomic E-state index is 5.49. The number of anilines is 1. The molecule has 2 rings (SSSR count). The first-order chi connectivity index (χ1) is 10.0. The van der Waals surface area contributed by atoms with Crippen molar-refractivity contribution < 1.29 is 9.47 Å². The minimum absolute atomic E-state index is 0.122. The summed E-state index contributed by atoms with van der Waals surface area (Å²) in [6, 6.07) is 12.5. The quantitative estimate of drug-likeness (QED) is 0.877. The molecule has 0 saturated heterocycles. The van der Waals surface area contributed by atoms with E-state index in [9.17, 15) is 0 Å². The Morgan fingerprint density at radius 2 is 1.43 bits per heavy atom. The Bertz CT molecular complexity index is 623. The second-order valence-corrected chi connectivity index (χ2v) is 5.32. The highest BCUT2D eigenvalue weighted by Gasteiger charge is 2.13. The van der Waals surface area contributed by atoms with Crippen LogP contribution < -0.4 is 14.8 Å². The van der Waals surface area contributed by atoms with Crippen LogP contribution in [0, 0.1) is 13.8 Å². The first kappa shape index (κ1) is 15.2. The van der Waals surface area contributed by atoms with Gasteiger partial charge in [-0.25, -0.2) is 0 Å². The van der Waals surface area contributed by atoms with Crippen molar-refractivity contribution in [3.8, 4) is 11.5 Å². The van der Waals surface area contributed by atoms with Gasteiger partial charge in [-0.3, -0.25) is 0 Å². The molecule has 0 heterocycles. The minimum Gasteiger partial charge on any atom is -0.496 e. The molecule has 0 aromatic heterocycles. The number of hydrogen-bond acceptors (Lipinski definition) is 3. The van der Waals surface area contributed by atoms with Crippen LogP contribution >= 0.6 is 0 Å². The summed E-state index contributed by atoms with van der Waals surface area (Å²) in [4.78, 5) is 0. The summed E-state index contributed by atoms with van der Waals surface area (Å²) in [7, 11) is 3.40. The third-order valence-corrected chi connectivity index (χ3v) is 3.58. The van der Waals surface area contributed by atoms with E-state index in [-0.39, 0.29) is 6.04 Å². The maximum Gasteiger partial charge on any atom is 0.142 e. The van der Waals surface area contributed by atoms with Gasteiger partial charge in [-0.2, -0.15) is 0 Å². The smallest absolute Gasteiger partial charge is 0.142 e. The van der Waals surface area contributed by atoms with Crippen LogP contribution in [0.3, 0.4) is 0 Å². The van der Waals surface area contributed by atoms with E-state index in [1.54, 1.807) is 14.2 Å². The molecule has 0 spiro atoms. The molecule has 2 aromatic rings. The van der Waals surface area contributed by atoms with Crippen molar-refractivity contribution in [2.45, 2.75) is 26.8 Å². The lowest BCUT2D eigenvalue weighted by atomic mass is 10.0. The molecule has 3 heteroatoms. The number of nitrogens with one attached hydrogen (secondary N) is 1. The maximum atomic E-state index is 5.49. The van der Waals surface area contributed by atoms with Crippen molar-refractivity contribution in [2.75, 3.05) is 19.5 Å². The van der Waals surface area contributed by atoms with E-state index < -0.39 is 0 Å². The Kier molecular flexibility index (Phi) is 4.73. The molecule has 0 fully saturated rings. The second kappa shape index (κ2) is 6.53. The zero-order chi connectivity index (χ0) is 15.4.